The number of benzene rings is 2. The zero-order valence-electron chi connectivity index (χ0n) is 15.9. The van der Waals surface area contributed by atoms with Crippen molar-refractivity contribution in [2.24, 2.45) is 11.0 Å². The van der Waals surface area contributed by atoms with Gasteiger partial charge < -0.3 is 9.47 Å². The summed E-state index contributed by atoms with van der Waals surface area (Å²) >= 11 is 0. The molecule has 0 bridgehead atoms. The Morgan fingerprint density at radius 2 is 1.61 bits per heavy atom. The second-order valence-corrected chi connectivity index (χ2v) is 6.76. The molecule has 3 rings (SSSR count). The van der Waals surface area contributed by atoms with Crippen molar-refractivity contribution in [3.05, 3.63) is 59.7 Å². The average Bonchev–Trinajstić information content (AvgIpc) is 2.75. The van der Waals surface area contributed by atoms with Gasteiger partial charge in [0.1, 0.15) is 11.5 Å². The normalized spacial score (nSPS) is 14.6. The maximum atomic E-state index is 12.2. The van der Waals surface area contributed by atoms with Crippen LogP contribution in [-0.2, 0) is 4.79 Å². The van der Waals surface area contributed by atoms with E-state index in [9.17, 15) is 9.59 Å². The molecule has 1 saturated carbocycles. The fourth-order valence-electron chi connectivity index (χ4n) is 3.14. The highest BCUT2D eigenvalue weighted by Crippen LogP contribution is 2.23. The monoisotopic (exact) mass is 380 g/mol. The minimum absolute atomic E-state index is 0.0130. The van der Waals surface area contributed by atoms with Gasteiger partial charge in [-0.15, -0.1) is 0 Å². The number of amides is 1. The van der Waals surface area contributed by atoms with Gasteiger partial charge in [-0.2, -0.15) is 5.10 Å². The van der Waals surface area contributed by atoms with E-state index < -0.39 is 5.97 Å². The number of hydrogen-bond acceptors (Lipinski definition) is 5. The number of hydrogen-bond donors (Lipinski definition) is 1. The predicted molar refractivity (Wildman–Crippen MR) is 107 cm³/mol. The first kappa shape index (κ1) is 19.6. The van der Waals surface area contributed by atoms with Crippen LogP contribution in [0.2, 0.25) is 0 Å². The number of ether oxygens (including phenoxy) is 2. The van der Waals surface area contributed by atoms with E-state index in [1.165, 1.54) is 6.42 Å². The third-order valence-corrected chi connectivity index (χ3v) is 4.78. The van der Waals surface area contributed by atoms with E-state index in [1.807, 2.05) is 0 Å². The van der Waals surface area contributed by atoms with Crippen LogP contribution in [-0.4, -0.2) is 25.2 Å². The van der Waals surface area contributed by atoms with E-state index >= 15 is 0 Å². The van der Waals surface area contributed by atoms with Crippen LogP contribution in [0.25, 0.3) is 0 Å². The highest BCUT2D eigenvalue weighted by atomic mass is 16.5. The first-order valence-electron chi connectivity index (χ1n) is 9.45. The Labute approximate surface area is 164 Å². The Balaban J connectivity index is 1.51. The summed E-state index contributed by atoms with van der Waals surface area (Å²) in [6, 6.07) is 13.6. The Bertz CT molecular complexity index is 823. The minimum Gasteiger partial charge on any atom is -0.497 e. The van der Waals surface area contributed by atoms with Gasteiger partial charge >= 0.3 is 5.97 Å². The molecule has 1 N–H and O–H groups in total. The maximum absolute atomic E-state index is 12.2. The number of methoxy groups -OCH3 is 1. The number of nitrogens with one attached hydrogen (secondary N) is 1. The lowest BCUT2D eigenvalue weighted by atomic mass is 9.89. The van der Waals surface area contributed by atoms with Gasteiger partial charge in [-0.25, -0.2) is 10.2 Å². The molecule has 0 atom stereocenters. The lowest BCUT2D eigenvalue weighted by Gasteiger charge is -2.19. The van der Waals surface area contributed by atoms with Crippen molar-refractivity contribution in [3.63, 3.8) is 0 Å². The second kappa shape index (κ2) is 9.69. The van der Waals surface area contributed by atoms with E-state index in [0.29, 0.717) is 17.1 Å². The standard InChI is InChI=1S/C22H24N2O4/c1-27-19-13-9-18(10-14-19)22(26)28-20-11-7-16(8-12-20)15-23-24-21(25)17-5-3-2-4-6-17/h7-15,17H,2-6H2,1H3,(H,24,25). The fraction of sp³-hybridized carbons (Fsp3) is 0.318. The van der Waals surface area contributed by atoms with Crippen LogP contribution in [0, 0.1) is 5.92 Å². The Hall–Kier alpha value is -3.15. The van der Waals surface area contributed by atoms with Crippen LogP contribution in [0.4, 0.5) is 0 Å². The highest BCUT2D eigenvalue weighted by Gasteiger charge is 2.20. The summed E-state index contributed by atoms with van der Waals surface area (Å²) in [5.41, 5.74) is 3.85. The number of hydrazone groups is 1. The molecular formula is C22H24N2O4. The summed E-state index contributed by atoms with van der Waals surface area (Å²) in [6.07, 6.45) is 6.89. The molecule has 0 saturated heterocycles. The first-order chi connectivity index (χ1) is 13.7. The molecule has 6 nitrogen and oxygen atoms in total. The summed E-state index contributed by atoms with van der Waals surface area (Å²) in [5.74, 6) is 0.732. The van der Waals surface area contributed by atoms with E-state index in [2.05, 4.69) is 10.5 Å². The average molecular weight is 380 g/mol. The molecule has 1 aliphatic carbocycles. The Morgan fingerprint density at radius 3 is 2.25 bits per heavy atom. The number of nitrogens with zero attached hydrogens (tertiary/aromatic N) is 1. The van der Waals surface area contributed by atoms with Gasteiger partial charge in [-0.3, -0.25) is 4.79 Å². The fourth-order valence-corrected chi connectivity index (χ4v) is 3.14. The van der Waals surface area contributed by atoms with Crippen molar-refractivity contribution in [1.29, 1.82) is 0 Å². The number of esters is 1. The molecule has 1 fully saturated rings. The third kappa shape index (κ3) is 5.42. The van der Waals surface area contributed by atoms with Crippen LogP contribution < -0.4 is 14.9 Å². The van der Waals surface area contributed by atoms with Crippen molar-refractivity contribution in [1.82, 2.24) is 5.43 Å². The lowest BCUT2D eigenvalue weighted by molar-refractivity contribution is -0.125. The quantitative estimate of drug-likeness (QED) is 0.356. The van der Waals surface area contributed by atoms with Gasteiger partial charge in [0, 0.05) is 5.92 Å². The summed E-state index contributed by atoms with van der Waals surface area (Å²) < 4.78 is 10.4. The van der Waals surface area contributed by atoms with Gasteiger partial charge in [-0.05, 0) is 66.9 Å². The lowest BCUT2D eigenvalue weighted by Crippen LogP contribution is -2.28. The molecule has 2 aromatic carbocycles. The predicted octanol–water partition coefficient (Wildman–Crippen LogP) is 3.94. The Kier molecular flexibility index (Phi) is 6.78. The highest BCUT2D eigenvalue weighted by molar-refractivity contribution is 5.91. The van der Waals surface area contributed by atoms with E-state index in [4.69, 9.17) is 9.47 Å². The molecule has 0 aromatic heterocycles. The molecule has 1 amide bonds. The summed E-state index contributed by atoms with van der Waals surface area (Å²) in [5, 5.41) is 4.03. The summed E-state index contributed by atoms with van der Waals surface area (Å²) in [4.78, 5) is 24.2. The van der Waals surface area contributed by atoms with Crippen LogP contribution in [0.15, 0.2) is 53.6 Å². The number of carbonyl (C=O) groups excluding carboxylic acids is 2. The largest absolute Gasteiger partial charge is 0.497 e. The zero-order valence-corrected chi connectivity index (χ0v) is 15.9. The number of rotatable bonds is 6. The number of carbonyl (C=O) groups is 2. The van der Waals surface area contributed by atoms with Crippen LogP contribution in [0.5, 0.6) is 11.5 Å². The molecular weight excluding hydrogens is 356 g/mol. The van der Waals surface area contributed by atoms with E-state index in [1.54, 1.807) is 61.9 Å². The summed E-state index contributed by atoms with van der Waals surface area (Å²) in [6.45, 7) is 0. The molecule has 1 aliphatic rings. The van der Waals surface area contributed by atoms with Crippen molar-refractivity contribution in [2.45, 2.75) is 32.1 Å². The molecule has 6 heteroatoms. The van der Waals surface area contributed by atoms with Crippen LogP contribution in [0.1, 0.15) is 48.0 Å². The zero-order chi connectivity index (χ0) is 19.8. The smallest absolute Gasteiger partial charge is 0.343 e. The Morgan fingerprint density at radius 1 is 0.964 bits per heavy atom. The molecule has 0 heterocycles. The topological polar surface area (TPSA) is 77.0 Å². The van der Waals surface area contributed by atoms with Crippen molar-refractivity contribution < 1.29 is 19.1 Å². The molecule has 0 radical (unpaired) electrons. The van der Waals surface area contributed by atoms with Crippen molar-refractivity contribution in [3.8, 4) is 11.5 Å². The maximum Gasteiger partial charge on any atom is 0.343 e. The molecule has 0 aliphatic heterocycles. The van der Waals surface area contributed by atoms with Gasteiger partial charge in [0.25, 0.3) is 0 Å². The first-order valence-corrected chi connectivity index (χ1v) is 9.45. The van der Waals surface area contributed by atoms with Gasteiger partial charge in [0.05, 0.1) is 18.9 Å². The minimum atomic E-state index is -0.441. The van der Waals surface area contributed by atoms with E-state index in [0.717, 1.165) is 31.2 Å². The molecule has 146 valence electrons. The van der Waals surface area contributed by atoms with Crippen molar-refractivity contribution >= 4 is 18.1 Å². The van der Waals surface area contributed by atoms with Gasteiger partial charge in [-0.1, -0.05) is 19.3 Å². The second-order valence-electron chi connectivity index (χ2n) is 6.76. The third-order valence-electron chi connectivity index (χ3n) is 4.78. The molecule has 0 spiro atoms. The van der Waals surface area contributed by atoms with Crippen LogP contribution >= 0.6 is 0 Å². The SMILES string of the molecule is COc1ccc(C(=O)Oc2ccc(C=NNC(=O)C3CCCCC3)cc2)cc1. The summed E-state index contributed by atoms with van der Waals surface area (Å²) in [7, 11) is 1.57. The van der Waals surface area contributed by atoms with Crippen LogP contribution in [0.3, 0.4) is 0 Å². The van der Waals surface area contributed by atoms with Crippen molar-refractivity contribution in [2.75, 3.05) is 7.11 Å². The molecule has 0 unspecified atom stereocenters. The molecule has 28 heavy (non-hydrogen) atoms. The molecule has 2 aromatic rings. The van der Waals surface area contributed by atoms with Gasteiger partial charge in [0.2, 0.25) is 5.91 Å². The van der Waals surface area contributed by atoms with E-state index in [-0.39, 0.29) is 11.8 Å². The van der Waals surface area contributed by atoms with Gasteiger partial charge in [0.15, 0.2) is 0 Å².